The molecule has 1 aromatic heterocycles. The summed E-state index contributed by atoms with van der Waals surface area (Å²) < 4.78 is 5.33. The SMILES string of the molecule is COc1cc(C(Br)Cc2ncc[nH]2)ccc1C. The largest absolute Gasteiger partial charge is 0.496 e. The number of alkyl halides is 1. The van der Waals surface area contributed by atoms with Crippen LogP contribution in [0.5, 0.6) is 5.75 Å². The Morgan fingerprint density at radius 1 is 1.47 bits per heavy atom. The predicted octanol–water partition coefficient (Wildman–Crippen LogP) is 3.41. The number of aromatic amines is 1. The van der Waals surface area contributed by atoms with Gasteiger partial charge in [0.2, 0.25) is 0 Å². The van der Waals surface area contributed by atoms with Crippen LogP contribution in [0, 0.1) is 6.92 Å². The van der Waals surface area contributed by atoms with Gasteiger partial charge in [-0.1, -0.05) is 28.1 Å². The molecule has 17 heavy (non-hydrogen) atoms. The smallest absolute Gasteiger partial charge is 0.122 e. The molecule has 0 fully saturated rings. The van der Waals surface area contributed by atoms with Crippen molar-refractivity contribution in [3.05, 3.63) is 47.5 Å². The van der Waals surface area contributed by atoms with Crippen molar-refractivity contribution in [2.45, 2.75) is 18.2 Å². The van der Waals surface area contributed by atoms with E-state index in [9.17, 15) is 0 Å². The molecule has 0 aliphatic heterocycles. The average Bonchev–Trinajstić information content (AvgIpc) is 2.82. The lowest BCUT2D eigenvalue weighted by Gasteiger charge is -2.12. The van der Waals surface area contributed by atoms with E-state index in [1.54, 1.807) is 13.3 Å². The van der Waals surface area contributed by atoms with E-state index >= 15 is 0 Å². The Bertz CT molecular complexity index is 482. The molecule has 4 heteroatoms. The summed E-state index contributed by atoms with van der Waals surface area (Å²) in [5.41, 5.74) is 2.35. The molecule has 0 aliphatic carbocycles. The van der Waals surface area contributed by atoms with E-state index in [1.807, 2.05) is 13.1 Å². The minimum Gasteiger partial charge on any atom is -0.496 e. The number of aryl methyl sites for hydroxylation is 1. The number of imidazole rings is 1. The van der Waals surface area contributed by atoms with Crippen molar-refractivity contribution in [3.63, 3.8) is 0 Å². The maximum Gasteiger partial charge on any atom is 0.122 e. The van der Waals surface area contributed by atoms with Crippen LogP contribution < -0.4 is 4.74 Å². The number of hydrogen-bond donors (Lipinski definition) is 1. The van der Waals surface area contributed by atoms with Crippen molar-refractivity contribution in [2.24, 2.45) is 0 Å². The van der Waals surface area contributed by atoms with Crippen LogP contribution in [-0.4, -0.2) is 17.1 Å². The number of halogens is 1. The van der Waals surface area contributed by atoms with Crippen LogP contribution in [0.15, 0.2) is 30.6 Å². The lowest BCUT2D eigenvalue weighted by Crippen LogP contribution is -1.98. The maximum absolute atomic E-state index is 5.33. The summed E-state index contributed by atoms with van der Waals surface area (Å²) in [5, 5.41) is 0. The fourth-order valence-corrected chi connectivity index (χ4v) is 2.32. The molecule has 2 rings (SSSR count). The van der Waals surface area contributed by atoms with Crippen LogP contribution in [0.2, 0.25) is 0 Å². The van der Waals surface area contributed by atoms with Gasteiger partial charge in [-0.15, -0.1) is 0 Å². The third-order valence-corrected chi connectivity index (χ3v) is 3.57. The van der Waals surface area contributed by atoms with Gasteiger partial charge in [0.1, 0.15) is 11.6 Å². The second-order valence-corrected chi connectivity index (χ2v) is 5.04. The van der Waals surface area contributed by atoms with Crippen molar-refractivity contribution < 1.29 is 4.74 Å². The molecule has 1 N–H and O–H groups in total. The summed E-state index contributed by atoms with van der Waals surface area (Å²) in [5.74, 6) is 1.90. The number of nitrogens with zero attached hydrogens (tertiary/aromatic N) is 1. The molecule has 0 amide bonds. The number of methoxy groups -OCH3 is 1. The van der Waals surface area contributed by atoms with Gasteiger partial charge in [-0.3, -0.25) is 0 Å². The highest BCUT2D eigenvalue weighted by atomic mass is 79.9. The van der Waals surface area contributed by atoms with Gasteiger partial charge < -0.3 is 9.72 Å². The van der Waals surface area contributed by atoms with Crippen molar-refractivity contribution in [1.29, 1.82) is 0 Å². The summed E-state index contributed by atoms with van der Waals surface area (Å²) in [6.45, 7) is 2.04. The molecular formula is C13H15BrN2O. The number of rotatable bonds is 4. The first kappa shape index (κ1) is 12.2. The Balaban J connectivity index is 2.16. The molecule has 1 heterocycles. The molecule has 0 radical (unpaired) electrons. The van der Waals surface area contributed by atoms with Crippen LogP contribution in [0.4, 0.5) is 0 Å². The summed E-state index contributed by atoms with van der Waals surface area (Å²) in [6.07, 6.45) is 4.44. The third kappa shape index (κ3) is 2.88. The molecular weight excluding hydrogens is 280 g/mol. The molecule has 1 unspecified atom stereocenters. The standard InChI is InChI=1S/C13H15BrN2O/c1-9-3-4-10(7-12(9)17-2)11(14)8-13-15-5-6-16-13/h3-7,11H,8H2,1-2H3,(H,15,16). The van der Waals surface area contributed by atoms with Gasteiger partial charge in [-0.05, 0) is 24.1 Å². The molecule has 0 saturated heterocycles. The number of hydrogen-bond acceptors (Lipinski definition) is 2. The van der Waals surface area contributed by atoms with E-state index in [2.05, 4.69) is 44.1 Å². The number of aromatic nitrogens is 2. The highest BCUT2D eigenvalue weighted by Crippen LogP contribution is 2.30. The lowest BCUT2D eigenvalue weighted by molar-refractivity contribution is 0.411. The van der Waals surface area contributed by atoms with Crippen LogP contribution in [0.3, 0.4) is 0 Å². The summed E-state index contributed by atoms with van der Waals surface area (Å²) in [7, 11) is 1.70. The first-order valence-electron chi connectivity index (χ1n) is 5.47. The van der Waals surface area contributed by atoms with Gasteiger partial charge in [0.05, 0.1) is 7.11 Å². The first-order chi connectivity index (χ1) is 8.20. The van der Waals surface area contributed by atoms with E-state index < -0.39 is 0 Å². The van der Waals surface area contributed by atoms with Gasteiger partial charge in [-0.2, -0.15) is 0 Å². The van der Waals surface area contributed by atoms with Crippen molar-refractivity contribution >= 4 is 15.9 Å². The topological polar surface area (TPSA) is 37.9 Å². The minimum absolute atomic E-state index is 0.239. The van der Waals surface area contributed by atoms with Crippen LogP contribution in [-0.2, 0) is 6.42 Å². The first-order valence-corrected chi connectivity index (χ1v) is 6.39. The molecule has 3 nitrogen and oxygen atoms in total. The molecule has 0 bridgehead atoms. The molecule has 1 atom stereocenters. The third-order valence-electron chi connectivity index (χ3n) is 2.72. The van der Waals surface area contributed by atoms with Gasteiger partial charge in [0.15, 0.2) is 0 Å². The molecule has 2 aromatic rings. The van der Waals surface area contributed by atoms with E-state index in [0.717, 1.165) is 23.6 Å². The number of nitrogens with one attached hydrogen (secondary N) is 1. The Morgan fingerprint density at radius 3 is 2.94 bits per heavy atom. The highest BCUT2D eigenvalue weighted by Gasteiger charge is 2.11. The number of H-pyrrole nitrogens is 1. The fraction of sp³-hybridized carbons (Fsp3) is 0.308. The average molecular weight is 295 g/mol. The quantitative estimate of drug-likeness (QED) is 0.878. The van der Waals surface area contributed by atoms with Crippen molar-refractivity contribution in [3.8, 4) is 5.75 Å². The second kappa shape index (κ2) is 5.36. The maximum atomic E-state index is 5.33. The van der Waals surface area contributed by atoms with Crippen LogP contribution in [0.25, 0.3) is 0 Å². The van der Waals surface area contributed by atoms with Crippen LogP contribution >= 0.6 is 15.9 Å². The molecule has 1 aromatic carbocycles. The monoisotopic (exact) mass is 294 g/mol. The Labute approximate surface area is 109 Å². The van der Waals surface area contributed by atoms with Gasteiger partial charge in [0, 0.05) is 23.6 Å². The Hall–Kier alpha value is -1.29. The predicted molar refractivity (Wildman–Crippen MR) is 71.7 cm³/mol. The van der Waals surface area contributed by atoms with E-state index in [4.69, 9.17) is 4.74 Å². The molecule has 0 spiro atoms. The lowest BCUT2D eigenvalue weighted by atomic mass is 10.1. The summed E-state index contributed by atoms with van der Waals surface area (Å²) in [6, 6.07) is 6.25. The number of benzene rings is 1. The van der Waals surface area contributed by atoms with Gasteiger partial charge in [-0.25, -0.2) is 4.98 Å². The molecule has 0 saturated carbocycles. The second-order valence-electron chi connectivity index (χ2n) is 3.94. The molecule has 0 aliphatic rings. The van der Waals surface area contributed by atoms with Crippen LogP contribution in [0.1, 0.15) is 21.8 Å². The van der Waals surface area contributed by atoms with Crippen molar-refractivity contribution in [1.82, 2.24) is 9.97 Å². The minimum atomic E-state index is 0.239. The summed E-state index contributed by atoms with van der Waals surface area (Å²) >= 11 is 3.68. The Morgan fingerprint density at radius 2 is 2.29 bits per heavy atom. The van der Waals surface area contributed by atoms with E-state index in [1.165, 1.54) is 5.56 Å². The van der Waals surface area contributed by atoms with E-state index in [-0.39, 0.29) is 4.83 Å². The number of ether oxygens (including phenoxy) is 1. The van der Waals surface area contributed by atoms with E-state index in [0.29, 0.717) is 0 Å². The zero-order valence-electron chi connectivity index (χ0n) is 9.90. The zero-order valence-corrected chi connectivity index (χ0v) is 11.5. The van der Waals surface area contributed by atoms with Gasteiger partial charge in [0.25, 0.3) is 0 Å². The molecule has 90 valence electrons. The zero-order chi connectivity index (χ0) is 12.3. The Kier molecular flexibility index (Phi) is 3.84. The fourth-order valence-electron chi connectivity index (χ4n) is 1.73. The summed E-state index contributed by atoms with van der Waals surface area (Å²) in [4.78, 5) is 7.57. The highest BCUT2D eigenvalue weighted by molar-refractivity contribution is 9.09. The normalized spacial score (nSPS) is 12.4. The van der Waals surface area contributed by atoms with Crippen molar-refractivity contribution in [2.75, 3.05) is 7.11 Å². The van der Waals surface area contributed by atoms with Gasteiger partial charge >= 0.3 is 0 Å².